The fourth-order valence-corrected chi connectivity index (χ4v) is 2.96. The van der Waals surface area contributed by atoms with Gasteiger partial charge in [-0.3, -0.25) is 4.79 Å². The number of amides is 1. The van der Waals surface area contributed by atoms with Crippen molar-refractivity contribution in [1.82, 2.24) is 0 Å². The SMILES string of the molecule is CC(C)(C)[C@H](N)C(=O)Nc1ccc2c3c(cccc13)CC2.Cl. The van der Waals surface area contributed by atoms with E-state index in [0.29, 0.717) is 0 Å². The summed E-state index contributed by atoms with van der Waals surface area (Å²) in [6, 6.07) is 9.90. The van der Waals surface area contributed by atoms with E-state index >= 15 is 0 Å². The van der Waals surface area contributed by atoms with Crippen LogP contribution in [0.3, 0.4) is 0 Å². The van der Waals surface area contributed by atoms with Gasteiger partial charge in [-0.05, 0) is 40.8 Å². The summed E-state index contributed by atoms with van der Waals surface area (Å²) >= 11 is 0. The Kier molecular flexibility index (Phi) is 4.50. The van der Waals surface area contributed by atoms with E-state index < -0.39 is 6.04 Å². The molecule has 3 nitrogen and oxygen atoms in total. The van der Waals surface area contributed by atoms with Crippen LogP contribution in [0.1, 0.15) is 31.9 Å². The molecule has 0 bridgehead atoms. The molecule has 0 heterocycles. The number of nitrogens with two attached hydrogens (primary N) is 1. The summed E-state index contributed by atoms with van der Waals surface area (Å²) < 4.78 is 0. The maximum atomic E-state index is 12.4. The van der Waals surface area contributed by atoms with Gasteiger partial charge in [-0.2, -0.15) is 0 Å². The van der Waals surface area contributed by atoms with Crippen LogP contribution in [0.15, 0.2) is 30.3 Å². The largest absolute Gasteiger partial charge is 0.324 e. The van der Waals surface area contributed by atoms with E-state index in [-0.39, 0.29) is 23.7 Å². The van der Waals surface area contributed by atoms with Crippen molar-refractivity contribution in [2.75, 3.05) is 5.32 Å². The number of carbonyl (C=O) groups is 1. The van der Waals surface area contributed by atoms with Crippen LogP contribution < -0.4 is 11.1 Å². The summed E-state index contributed by atoms with van der Waals surface area (Å²) in [5.41, 5.74) is 9.41. The molecule has 3 N–H and O–H groups in total. The number of rotatable bonds is 2. The first-order valence-electron chi connectivity index (χ1n) is 7.48. The second kappa shape index (κ2) is 5.90. The molecule has 0 spiro atoms. The molecular weight excluding hydrogens is 296 g/mol. The van der Waals surface area contributed by atoms with Crippen LogP contribution in [0.5, 0.6) is 0 Å². The summed E-state index contributed by atoms with van der Waals surface area (Å²) in [6.45, 7) is 5.93. The van der Waals surface area contributed by atoms with Gasteiger partial charge in [0.25, 0.3) is 0 Å². The predicted molar refractivity (Wildman–Crippen MR) is 94.7 cm³/mol. The maximum absolute atomic E-state index is 12.4. The van der Waals surface area contributed by atoms with Gasteiger partial charge in [0, 0.05) is 11.1 Å². The molecule has 2 aromatic carbocycles. The number of carbonyl (C=O) groups excluding carboxylic acids is 1. The lowest BCUT2D eigenvalue weighted by atomic mass is 9.87. The van der Waals surface area contributed by atoms with E-state index in [1.54, 1.807) is 0 Å². The zero-order valence-electron chi connectivity index (χ0n) is 13.3. The van der Waals surface area contributed by atoms with Gasteiger partial charge in [0.2, 0.25) is 5.91 Å². The van der Waals surface area contributed by atoms with Gasteiger partial charge in [0.15, 0.2) is 0 Å². The lowest BCUT2D eigenvalue weighted by molar-refractivity contribution is -0.119. The smallest absolute Gasteiger partial charge is 0.241 e. The second-order valence-electron chi connectivity index (χ2n) is 6.94. The minimum absolute atomic E-state index is 0. The highest BCUT2D eigenvalue weighted by atomic mass is 35.5. The molecule has 0 radical (unpaired) electrons. The van der Waals surface area contributed by atoms with Crippen molar-refractivity contribution in [1.29, 1.82) is 0 Å². The van der Waals surface area contributed by atoms with Gasteiger partial charge in [0.05, 0.1) is 6.04 Å². The number of hydrogen-bond acceptors (Lipinski definition) is 2. The standard InChI is InChI=1S/C18H22N2O.ClH/c1-18(2,3)16(19)17(21)20-14-10-9-12-8-7-11-5-4-6-13(14)15(11)12;/h4-6,9-10,16H,7-8,19H2,1-3H3,(H,20,21);1H/t16-;/m1./s1. The molecule has 22 heavy (non-hydrogen) atoms. The molecule has 1 aliphatic rings. The minimum Gasteiger partial charge on any atom is -0.324 e. The molecule has 0 saturated heterocycles. The van der Waals surface area contributed by atoms with Crippen molar-refractivity contribution < 1.29 is 4.79 Å². The molecule has 3 rings (SSSR count). The highest BCUT2D eigenvalue weighted by Gasteiger charge is 2.28. The Bertz CT molecular complexity index is 709. The topological polar surface area (TPSA) is 55.1 Å². The number of nitrogens with one attached hydrogen (secondary N) is 1. The monoisotopic (exact) mass is 318 g/mol. The molecule has 1 aliphatic carbocycles. The first-order valence-corrected chi connectivity index (χ1v) is 7.48. The maximum Gasteiger partial charge on any atom is 0.241 e. The molecule has 118 valence electrons. The van der Waals surface area contributed by atoms with Gasteiger partial charge < -0.3 is 11.1 Å². The third kappa shape index (κ3) is 2.83. The third-order valence-electron chi connectivity index (χ3n) is 4.35. The number of aryl methyl sites for hydroxylation is 2. The zero-order valence-corrected chi connectivity index (χ0v) is 14.1. The minimum atomic E-state index is -0.527. The van der Waals surface area contributed by atoms with E-state index in [9.17, 15) is 4.79 Å². The number of hydrogen-bond donors (Lipinski definition) is 2. The molecule has 0 unspecified atom stereocenters. The first kappa shape index (κ1) is 16.8. The van der Waals surface area contributed by atoms with E-state index in [1.807, 2.05) is 26.8 Å². The highest BCUT2D eigenvalue weighted by Crippen LogP contribution is 2.35. The van der Waals surface area contributed by atoms with E-state index in [1.165, 1.54) is 16.5 Å². The van der Waals surface area contributed by atoms with Crippen LogP contribution >= 0.6 is 12.4 Å². The molecule has 2 aromatic rings. The average molecular weight is 319 g/mol. The molecule has 1 amide bonds. The highest BCUT2D eigenvalue weighted by molar-refractivity contribution is 6.06. The summed E-state index contributed by atoms with van der Waals surface area (Å²) in [4.78, 5) is 12.4. The fraction of sp³-hybridized carbons (Fsp3) is 0.389. The molecule has 0 fully saturated rings. The van der Waals surface area contributed by atoms with Crippen molar-refractivity contribution >= 4 is 34.8 Å². The Morgan fingerprint density at radius 2 is 1.77 bits per heavy atom. The van der Waals surface area contributed by atoms with Gasteiger partial charge in [-0.25, -0.2) is 0 Å². The summed E-state index contributed by atoms with van der Waals surface area (Å²) in [6.07, 6.45) is 2.18. The van der Waals surface area contributed by atoms with Crippen LogP contribution in [0.25, 0.3) is 10.8 Å². The number of benzene rings is 2. The summed E-state index contributed by atoms with van der Waals surface area (Å²) in [5, 5.41) is 5.44. The lowest BCUT2D eigenvalue weighted by Crippen LogP contribution is -2.45. The molecule has 0 saturated carbocycles. The van der Waals surface area contributed by atoms with Crippen LogP contribution in [0.2, 0.25) is 0 Å². The van der Waals surface area contributed by atoms with Gasteiger partial charge in [-0.1, -0.05) is 45.0 Å². The van der Waals surface area contributed by atoms with Crippen molar-refractivity contribution in [3.8, 4) is 0 Å². The van der Waals surface area contributed by atoms with Crippen LogP contribution in [0.4, 0.5) is 5.69 Å². The van der Waals surface area contributed by atoms with E-state index in [4.69, 9.17) is 5.73 Å². The van der Waals surface area contributed by atoms with Crippen molar-refractivity contribution in [3.05, 3.63) is 41.5 Å². The lowest BCUT2D eigenvalue weighted by Gasteiger charge is -2.26. The second-order valence-corrected chi connectivity index (χ2v) is 6.94. The van der Waals surface area contributed by atoms with Crippen molar-refractivity contribution in [2.45, 2.75) is 39.7 Å². The molecular formula is C18H23ClN2O. The van der Waals surface area contributed by atoms with E-state index in [2.05, 4.69) is 29.6 Å². The van der Waals surface area contributed by atoms with Crippen LogP contribution in [-0.4, -0.2) is 11.9 Å². The molecule has 4 heteroatoms. The predicted octanol–water partition coefficient (Wildman–Crippen LogP) is 3.67. The fourth-order valence-electron chi connectivity index (χ4n) is 2.96. The Balaban J connectivity index is 0.00000176. The number of anilines is 1. The molecule has 1 atom stereocenters. The summed E-state index contributed by atoms with van der Waals surface area (Å²) in [5.74, 6) is -0.124. The third-order valence-corrected chi connectivity index (χ3v) is 4.35. The number of halogens is 1. The van der Waals surface area contributed by atoms with E-state index in [0.717, 1.165) is 23.9 Å². The van der Waals surface area contributed by atoms with Gasteiger partial charge in [-0.15, -0.1) is 12.4 Å². The first-order chi connectivity index (χ1) is 9.88. The Labute approximate surface area is 137 Å². The van der Waals surface area contributed by atoms with Crippen molar-refractivity contribution in [3.63, 3.8) is 0 Å². The Morgan fingerprint density at radius 3 is 2.41 bits per heavy atom. The Morgan fingerprint density at radius 1 is 1.14 bits per heavy atom. The average Bonchev–Trinajstić information content (AvgIpc) is 2.85. The molecule has 0 aliphatic heterocycles. The van der Waals surface area contributed by atoms with Crippen LogP contribution in [0, 0.1) is 5.41 Å². The van der Waals surface area contributed by atoms with Crippen molar-refractivity contribution in [2.24, 2.45) is 11.1 Å². The van der Waals surface area contributed by atoms with Gasteiger partial charge in [0.1, 0.15) is 0 Å². The Hall–Kier alpha value is -1.58. The molecule has 0 aromatic heterocycles. The zero-order chi connectivity index (χ0) is 15.2. The normalized spacial score (nSPS) is 14.5. The van der Waals surface area contributed by atoms with Gasteiger partial charge >= 0.3 is 0 Å². The summed E-state index contributed by atoms with van der Waals surface area (Å²) in [7, 11) is 0. The quantitative estimate of drug-likeness (QED) is 0.887. The van der Waals surface area contributed by atoms with Crippen LogP contribution in [-0.2, 0) is 17.6 Å².